The van der Waals surface area contributed by atoms with Crippen LogP contribution in [-0.4, -0.2) is 11.9 Å². The summed E-state index contributed by atoms with van der Waals surface area (Å²) < 4.78 is 5.30. The highest BCUT2D eigenvalue weighted by molar-refractivity contribution is 7.10. The van der Waals surface area contributed by atoms with Crippen molar-refractivity contribution >= 4 is 23.2 Å². The first kappa shape index (κ1) is 11.2. The predicted molar refractivity (Wildman–Crippen MR) is 70.7 cm³/mol. The standard InChI is InChI=1S/C14H11NO2S/c1-14(11-8-5-9-18-11)13(16)17-12(15-14)10-6-3-2-4-7-10/h2-9H,1H3. The number of hydrogen-bond acceptors (Lipinski definition) is 4. The number of thiophene rings is 1. The molecule has 2 heterocycles. The molecule has 4 heteroatoms. The van der Waals surface area contributed by atoms with Gasteiger partial charge in [-0.3, -0.25) is 0 Å². The van der Waals surface area contributed by atoms with E-state index in [1.54, 1.807) is 6.92 Å². The number of aliphatic imine (C=N–C) groups is 1. The molecule has 0 radical (unpaired) electrons. The van der Waals surface area contributed by atoms with E-state index in [1.165, 1.54) is 11.3 Å². The van der Waals surface area contributed by atoms with Crippen LogP contribution in [0.3, 0.4) is 0 Å². The fraction of sp³-hybridized carbons (Fsp3) is 0.143. The number of esters is 1. The lowest BCUT2D eigenvalue weighted by Gasteiger charge is -2.12. The lowest BCUT2D eigenvalue weighted by atomic mass is 10.0. The molecule has 1 aliphatic heterocycles. The number of hydrogen-bond donors (Lipinski definition) is 0. The Hall–Kier alpha value is -1.94. The van der Waals surface area contributed by atoms with Gasteiger partial charge in [0.1, 0.15) is 0 Å². The molecule has 0 spiro atoms. The summed E-state index contributed by atoms with van der Waals surface area (Å²) in [6, 6.07) is 13.3. The second kappa shape index (κ2) is 4.07. The lowest BCUT2D eigenvalue weighted by molar-refractivity contribution is -0.138. The summed E-state index contributed by atoms with van der Waals surface area (Å²) in [5.41, 5.74) is -0.0783. The Bertz CT molecular complexity index is 604. The maximum absolute atomic E-state index is 12.0. The highest BCUT2D eigenvalue weighted by Crippen LogP contribution is 2.35. The molecule has 0 N–H and O–H groups in total. The number of ether oxygens (including phenoxy) is 1. The third kappa shape index (κ3) is 1.66. The van der Waals surface area contributed by atoms with Crippen LogP contribution in [0.25, 0.3) is 0 Å². The van der Waals surface area contributed by atoms with E-state index in [0.29, 0.717) is 5.90 Å². The van der Waals surface area contributed by atoms with Crippen molar-refractivity contribution in [3.63, 3.8) is 0 Å². The topological polar surface area (TPSA) is 38.7 Å². The van der Waals surface area contributed by atoms with E-state index < -0.39 is 5.54 Å². The Morgan fingerprint density at radius 2 is 1.94 bits per heavy atom. The second-order valence-corrected chi connectivity index (χ2v) is 5.17. The smallest absolute Gasteiger partial charge is 0.346 e. The third-order valence-electron chi connectivity index (χ3n) is 2.93. The van der Waals surface area contributed by atoms with E-state index in [0.717, 1.165) is 10.4 Å². The maximum atomic E-state index is 12.0. The number of nitrogens with zero attached hydrogens (tertiary/aromatic N) is 1. The number of cyclic esters (lactones) is 1. The van der Waals surface area contributed by atoms with Gasteiger partial charge in [-0.1, -0.05) is 24.3 Å². The fourth-order valence-electron chi connectivity index (χ4n) is 1.87. The number of carbonyl (C=O) groups excluding carboxylic acids is 1. The van der Waals surface area contributed by atoms with Crippen LogP contribution < -0.4 is 0 Å². The van der Waals surface area contributed by atoms with Crippen molar-refractivity contribution in [3.05, 3.63) is 58.3 Å². The highest BCUT2D eigenvalue weighted by atomic mass is 32.1. The minimum atomic E-state index is -0.903. The van der Waals surface area contributed by atoms with Crippen LogP contribution in [0.5, 0.6) is 0 Å². The summed E-state index contributed by atoms with van der Waals surface area (Å²) >= 11 is 1.51. The average molecular weight is 257 g/mol. The van der Waals surface area contributed by atoms with Gasteiger partial charge in [-0.25, -0.2) is 9.79 Å². The van der Waals surface area contributed by atoms with Crippen molar-refractivity contribution in [1.29, 1.82) is 0 Å². The van der Waals surface area contributed by atoms with Gasteiger partial charge in [0.05, 0.1) is 0 Å². The van der Waals surface area contributed by atoms with E-state index in [-0.39, 0.29) is 5.97 Å². The fourth-order valence-corrected chi connectivity index (χ4v) is 2.69. The van der Waals surface area contributed by atoms with E-state index in [2.05, 4.69) is 4.99 Å². The normalized spacial score (nSPS) is 22.7. The van der Waals surface area contributed by atoms with E-state index >= 15 is 0 Å². The van der Waals surface area contributed by atoms with Gasteiger partial charge in [-0.2, -0.15) is 0 Å². The number of benzene rings is 1. The van der Waals surface area contributed by atoms with E-state index in [9.17, 15) is 4.79 Å². The molecule has 0 amide bonds. The Morgan fingerprint density at radius 1 is 1.17 bits per heavy atom. The Labute approximate surface area is 109 Å². The molecule has 90 valence electrons. The zero-order valence-electron chi connectivity index (χ0n) is 9.79. The van der Waals surface area contributed by atoms with Crippen molar-refractivity contribution < 1.29 is 9.53 Å². The minimum Gasteiger partial charge on any atom is -0.405 e. The molecule has 2 aromatic rings. The van der Waals surface area contributed by atoms with Crippen LogP contribution in [0.1, 0.15) is 17.4 Å². The third-order valence-corrected chi connectivity index (χ3v) is 4.01. The quantitative estimate of drug-likeness (QED) is 0.776. The molecule has 1 aromatic carbocycles. The van der Waals surface area contributed by atoms with Crippen LogP contribution in [0.2, 0.25) is 0 Å². The van der Waals surface area contributed by atoms with Crippen molar-refractivity contribution in [2.75, 3.05) is 0 Å². The van der Waals surface area contributed by atoms with Crippen molar-refractivity contribution in [1.82, 2.24) is 0 Å². The highest BCUT2D eigenvalue weighted by Gasteiger charge is 2.44. The Morgan fingerprint density at radius 3 is 2.61 bits per heavy atom. The van der Waals surface area contributed by atoms with Crippen molar-refractivity contribution in [3.8, 4) is 0 Å². The molecule has 0 fully saturated rings. The minimum absolute atomic E-state index is 0.316. The zero-order valence-corrected chi connectivity index (χ0v) is 10.6. The summed E-state index contributed by atoms with van der Waals surface area (Å²) in [6.45, 7) is 1.79. The zero-order chi connectivity index (χ0) is 12.6. The summed E-state index contributed by atoms with van der Waals surface area (Å²) in [7, 11) is 0. The van der Waals surface area contributed by atoms with Crippen LogP contribution in [0, 0.1) is 0 Å². The van der Waals surface area contributed by atoms with Crippen LogP contribution in [0.15, 0.2) is 52.8 Å². The number of carbonyl (C=O) groups is 1. The van der Waals surface area contributed by atoms with Gasteiger partial charge >= 0.3 is 5.97 Å². The summed E-state index contributed by atoms with van der Waals surface area (Å²) in [5, 5.41) is 1.93. The van der Waals surface area contributed by atoms with Gasteiger partial charge in [-0.15, -0.1) is 11.3 Å². The van der Waals surface area contributed by atoms with Gasteiger partial charge < -0.3 is 4.74 Å². The van der Waals surface area contributed by atoms with Crippen molar-refractivity contribution in [2.24, 2.45) is 4.99 Å². The first-order valence-corrected chi connectivity index (χ1v) is 6.50. The first-order chi connectivity index (χ1) is 8.70. The Kier molecular flexibility index (Phi) is 2.52. The molecule has 18 heavy (non-hydrogen) atoms. The monoisotopic (exact) mass is 257 g/mol. The van der Waals surface area contributed by atoms with Gasteiger partial charge in [0.2, 0.25) is 5.90 Å². The molecule has 1 aliphatic rings. The maximum Gasteiger partial charge on any atom is 0.346 e. The van der Waals surface area contributed by atoms with Gasteiger partial charge in [-0.05, 0) is 30.5 Å². The molecular formula is C14H11NO2S. The number of rotatable bonds is 2. The van der Waals surface area contributed by atoms with E-state index in [1.807, 2.05) is 47.8 Å². The SMILES string of the molecule is CC1(c2cccs2)N=C(c2ccccc2)OC1=O. The summed E-state index contributed by atoms with van der Waals surface area (Å²) in [6.07, 6.45) is 0. The summed E-state index contributed by atoms with van der Waals surface area (Å²) in [4.78, 5) is 17.4. The molecular weight excluding hydrogens is 246 g/mol. The molecule has 0 saturated heterocycles. The molecule has 1 unspecified atom stereocenters. The Balaban J connectivity index is 2.04. The largest absolute Gasteiger partial charge is 0.405 e. The lowest BCUT2D eigenvalue weighted by Crippen LogP contribution is -2.25. The molecule has 1 atom stereocenters. The summed E-state index contributed by atoms with van der Waals surface area (Å²) in [5.74, 6) is 0.0836. The van der Waals surface area contributed by atoms with Crippen LogP contribution in [0.4, 0.5) is 0 Å². The molecule has 3 nitrogen and oxygen atoms in total. The first-order valence-electron chi connectivity index (χ1n) is 5.62. The van der Waals surface area contributed by atoms with Gasteiger partial charge in [0.15, 0.2) is 5.54 Å². The van der Waals surface area contributed by atoms with Gasteiger partial charge in [0, 0.05) is 10.4 Å². The van der Waals surface area contributed by atoms with Crippen molar-refractivity contribution in [2.45, 2.75) is 12.5 Å². The molecule has 3 rings (SSSR count). The molecule has 1 aromatic heterocycles. The molecule has 0 aliphatic carbocycles. The predicted octanol–water partition coefficient (Wildman–Crippen LogP) is 2.97. The van der Waals surface area contributed by atoms with E-state index in [4.69, 9.17) is 4.74 Å². The van der Waals surface area contributed by atoms with Gasteiger partial charge in [0.25, 0.3) is 0 Å². The second-order valence-electron chi connectivity index (χ2n) is 4.22. The van der Waals surface area contributed by atoms with Crippen LogP contribution >= 0.6 is 11.3 Å². The molecule has 0 saturated carbocycles. The van der Waals surface area contributed by atoms with Crippen LogP contribution in [-0.2, 0) is 15.1 Å². The molecule has 0 bridgehead atoms. The average Bonchev–Trinajstić information content (AvgIpc) is 3.01.